The van der Waals surface area contributed by atoms with E-state index in [1.807, 2.05) is 0 Å². The predicted molar refractivity (Wildman–Crippen MR) is 410 cm³/mol. The second kappa shape index (κ2) is 28.0. The van der Waals surface area contributed by atoms with Crippen molar-refractivity contribution in [1.82, 2.24) is 0 Å². The van der Waals surface area contributed by atoms with Crippen molar-refractivity contribution in [3.63, 3.8) is 0 Å². The molecule has 2 heteroatoms. The van der Waals surface area contributed by atoms with Crippen LogP contribution in [0.3, 0.4) is 0 Å². The zero-order valence-corrected chi connectivity index (χ0v) is 58.2. The zero-order chi connectivity index (χ0) is 66.4. The fourth-order valence-corrected chi connectivity index (χ4v) is 14.4. The van der Waals surface area contributed by atoms with Gasteiger partial charge >= 0.3 is 0 Å². The van der Waals surface area contributed by atoms with E-state index in [9.17, 15) is 0 Å². The molecule has 0 aliphatic heterocycles. The first-order chi connectivity index (χ1) is 45.2. The number of hydrogen-bond acceptors (Lipinski definition) is 1. The Kier molecular flexibility index (Phi) is 19.6. The van der Waals surface area contributed by atoms with Gasteiger partial charge in [0, 0.05) is 38.1 Å². The number of allylic oxidation sites excluding steroid dienone is 4. The number of anilines is 3. The van der Waals surface area contributed by atoms with E-state index in [1.165, 1.54) is 116 Å². The molecule has 0 spiro atoms. The minimum absolute atomic E-state index is 0.0783. The highest BCUT2D eigenvalue weighted by Gasteiger charge is 2.35. The molecule has 12 aromatic carbocycles. The summed E-state index contributed by atoms with van der Waals surface area (Å²) in [5.74, 6) is 0. The van der Waals surface area contributed by atoms with Crippen LogP contribution >= 0.6 is 0 Å². The molecule has 0 radical (unpaired) electrons. The Bertz CT molecular complexity index is 4530. The van der Waals surface area contributed by atoms with E-state index in [-0.39, 0.29) is 28.4 Å². The quantitative estimate of drug-likeness (QED) is 0.0611. The van der Waals surface area contributed by atoms with Crippen molar-refractivity contribution in [3.8, 4) is 0 Å². The summed E-state index contributed by atoms with van der Waals surface area (Å²) < 4.78 is 0. The molecule has 0 aliphatic carbocycles. The third kappa shape index (κ3) is 13.6. The number of fused-ring (bicyclic) bond motifs is 2. The van der Waals surface area contributed by atoms with Crippen LogP contribution in [0.2, 0.25) is 0 Å². The molecule has 0 amide bonds. The Morgan fingerprint density at radius 1 is 0.394 bits per heavy atom. The lowest BCUT2D eigenvalue weighted by Gasteiger charge is -2.33. The summed E-state index contributed by atoms with van der Waals surface area (Å²) in [5.41, 5.74) is 25.3. The van der Waals surface area contributed by atoms with Gasteiger partial charge in [0.2, 0.25) is 6.71 Å². The number of rotatable bonds is 18. The highest BCUT2D eigenvalue weighted by Crippen LogP contribution is 2.43. The largest absolute Gasteiger partial charge is 0.309 e. The average molecular weight is 1220 g/mol. The normalized spacial score (nSPS) is 12.3. The van der Waals surface area contributed by atoms with Gasteiger partial charge < -0.3 is 4.90 Å². The molecule has 0 atom stereocenters. The van der Waals surface area contributed by atoms with Crippen molar-refractivity contribution in [3.05, 3.63) is 369 Å². The van der Waals surface area contributed by atoms with Gasteiger partial charge in [0.1, 0.15) is 0 Å². The van der Waals surface area contributed by atoms with Gasteiger partial charge in [-0.25, -0.2) is 0 Å². The van der Waals surface area contributed by atoms with Crippen molar-refractivity contribution in [2.24, 2.45) is 0 Å². The Balaban J connectivity index is 0.000000490. The molecule has 0 fully saturated rings. The fraction of sp³-hybridized carbons (Fsp3) is 0.217. The molecule has 0 saturated heterocycles. The van der Waals surface area contributed by atoms with Gasteiger partial charge in [-0.15, -0.1) is 0 Å². The van der Waals surface area contributed by atoms with Gasteiger partial charge in [0.15, 0.2) is 0 Å². The summed E-state index contributed by atoms with van der Waals surface area (Å²) in [7, 11) is 0. The third-order valence-corrected chi connectivity index (χ3v) is 20.5. The van der Waals surface area contributed by atoms with E-state index in [1.54, 1.807) is 0 Å². The van der Waals surface area contributed by atoms with Crippen molar-refractivity contribution < 1.29 is 0 Å². The van der Waals surface area contributed by atoms with Crippen LogP contribution in [0.25, 0.3) is 21.5 Å². The highest BCUT2D eigenvalue weighted by molar-refractivity contribution is 6.96. The lowest BCUT2D eigenvalue weighted by molar-refractivity contribution is 0.638. The van der Waals surface area contributed by atoms with Gasteiger partial charge in [-0.05, 0) is 138 Å². The molecule has 0 N–H and O–H groups in total. The first-order valence-electron chi connectivity index (χ1n) is 34.0. The average Bonchev–Trinajstić information content (AvgIpc) is 0.749. The molecule has 94 heavy (non-hydrogen) atoms. The van der Waals surface area contributed by atoms with Crippen molar-refractivity contribution in [2.75, 3.05) is 4.90 Å². The molecule has 0 saturated carbocycles. The van der Waals surface area contributed by atoms with E-state index in [0.717, 1.165) is 29.9 Å². The van der Waals surface area contributed by atoms with Crippen molar-refractivity contribution in [2.45, 2.75) is 131 Å². The molecule has 0 aliphatic rings. The molecule has 12 rings (SSSR count). The monoisotopic (exact) mass is 1220 g/mol. The summed E-state index contributed by atoms with van der Waals surface area (Å²) in [6.45, 7) is 32.3. The third-order valence-electron chi connectivity index (χ3n) is 20.5. The lowest BCUT2D eigenvalue weighted by atomic mass is 9.33. The van der Waals surface area contributed by atoms with Gasteiger partial charge in [-0.2, -0.15) is 0 Å². The minimum atomic E-state index is -0.263. The van der Waals surface area contributed by atoms with Crippen LogP contribution in [0.5, 0.6) is 0 Å². The van der Waals surface area contributed by atoms with Gasteiger partial charge in [-0.3, -0.25) is 0 Å². The summed E-state index contributed by atoms with van der Waals surface area (Å²) in [6, 6.07) is 102. The molecular weight excluding hydrogens is 1130 g/mol. The molecule has 0 bridgehead atoms. The summed E-state index contributed by atoms with van der Waals surface area (Å²) in [6.07, 6.45) is 8.73. The van der Waals surface area contributed by atoms with E-state index in [4.69, 9.17) is 0 Å². The van der Waals surface area contributed by atoms with Crippen molar-refractivity contribution in [1.29, 1.82) is 0 Å². The standard InChI is InChI=1S/C76H76BN.C16H18/c1-12-14-31-60(13-2)74(6,7)65-47-43-59(50-56-41-45-63(46-42-56)75(8,9)61-32-17-15-18-33-61)70(52-65)77(69-51-64(44-40-53(69)3)76(10,11)62-34-19-16-20-35-62)73-54(4)48-66(49-55(73)5)78(71-38-25-29-57-27-21-23-36-67(57)71)72-39-26-30-58-28-22-24-37-68(58)72;1-13-9-11-15(12-10-13)16(2,3)14-7-5-4-6-8-14/h13-49,51-52H,12,50H2,1-11H3;4-12H,1-3H3/b31-14-,60-13+;. The summed E-state index contributed by atoms with van der Waals surface area (Å²) in [5, 5.41) is 4.87. The van der Waals surface area contributed by atoms with Gasteiger partial charge in [0.05, 0.1) is 11.4 Å². The molecule has 0 aromatic heterocycles. The van der Waals surface area contributed by atoms with Gasteiger partial charge in [0.25, 0.3) is 0 Å². The number of benzene rings is 12. The molecule has 470 valence electrons. The van der Waals surface area contributed by atoms with E-state index < -0.39 is 0 Å². The maximum absolute atomic E-state index is 2.59. The van der Waals surface area contributed by atoms with Crippen LogP contribution in [0, 0.1) is 27.7 Å². The molecular formula is C92H94BN. The van der Waals surface area contributed by atoms with Gasteiger partial charge in [-0.1, -0.05) is 368 Å². The molecule has 0 heterocycles. The first-order valence-corrected chi connectivity index (χ1v) is 34.0. The van der Waals surface area contributed by atoms with Crippen LogP contribution < -0.4 is 21.3 Å². The minimum Gasteiger partial charge on any atom is -0.309 e. The second-order valence-corrected chi connectivity index (χ2v) is 28.1. The van der Waals surface area contributed by atoms with E-state index in [0.29, 0.717) is 0 Å². The Hall–Kier alpha value is -9.50. The Morgan fingerprint density at radius 3 is 1.30 bits per heavy atom. The second-order valence-electron chi connectivity index (χ2n) is 28.1. The lowest BCUT2D eigenvalue weighted by Crippen LogP contribution is -2.56. The number of nitrogens with zero attached hydrogens (tertiary/aromatic N) is 1. The van der Waals surface area contributed by atoms with E-state index >= 15 is 0 Å². The SMILES string of the molecule is C/C=C(\C=C/CC)C(C)(C)c1ccc(Cc2ccc(C(C)(C)c3ccccc3)cc2)c(B(c2cc(C(C)(C)c3ccccc3)ccc2C)c2c(C)cc(N(c3cccc4ccccc34)c3cccc4ccccc34)cc2C)c1.Cc1ccc(C(C)(C)c2ccccc2)cc1. The number of hydrogen-bond donors (Lipinski definition) is 0. The van der Waals surface area contributed by atoms with E-state index in [2.05, 4.69) is 393 Å². The number of aryl methyl sites for hydroxylation is 4. The molecule has 1 nitrogen and oxygen atoms in total. The Labute approximate surface area is 563 Å². The Morgan fingerprint density at radius 2 is 0.809 bits per heavy atom. The molecule has 0 unspecified atom stereocenters. The van der Waals surface area contributed by atoms with Crippen molar-refractivity contribution >= 4 is 61.7 Å². The zero-order valence-electron chi connectivity index (χ0n) is 58.2. The predicted octanol–water partition coefficient (Wildman–Crippen LogP) is 22.7. The summed E-state index contributed by atoms with van der Waals surface area (Å²) >= 11 is 0. The summed E-state index contributed by atoms with van der Waals surface area (Å²) in [4.78, 5) is 2.51. The highest BCUT2D eigenvalue weighted by atomic mass is 15.1. The van der Waals surface area contributed by atoms with Crippen LogP contribution in [-0.4, -0.2) is 6.71 Å². The topological polar surface area (TPSA) is 3.24 Å². The molecule has 12 aromatic rings. The fourth-order valence-electron chi connectivity index (χ4n) is 14.4. The first kappa shape index (κ1) is 66.0. The maximum atomic E-state index is 2.59. The van der Waals surface area contributed by atoms with Crippen LogP contribution in [0.15, 0.2) is 297 Å². The van der Waals surface area contributed by atoms with Crippen LogP contribution in [-0.2, 0) is 28.1 Å². The maximum Gasteiger partial charge on any atom is 0.242 e. The smallest absolute Gasteiger partial charge is 0.242 e. The van der Waals surface area contributed by atoms with Crippen LogP contribution in [0.4, 0.5) is 17.1 Å². The van der Waals surface area contributed by atoms with Crippen LogP contribution in [0.1, 0.15) is 148 Å².